The number of ether oxygens (including phenoxy) is 1. The first kappa shape index (κ1) is 13.1. The molecule has 1 fully saturated rings. The molecule has 1 aliphatic carbocycles. The number of aliphatic hydroxyl groups excluding tert-OH is 1. The molecule has 1 aromatic heterocycles. The molecule has 0 atom stereocenters. The number of hydrogen-bond donors (Lipinski definition) is 2. The molecule has 5 heteroatoms. The van der Waals surface area contributed by atoms with Gasteiger partial charge in [-0.1, -0.05) is 0 Å². The van der Waals surface area contributed by atoms with Crippen molar-refractivity contribution in [2.45, 2.75) is 45.3 Å². The largest absolute Gasteiger partial charge is 0.488 e. The van der Waals surface area contributed by atoms with E-state index in [0.29, 0.717) is 28.0 Å². The van der Waals surface area contributed by atoms with E-state index in [9.17, 15) is 9.90 Å². The Labute approximate surface area is 116 Å². The first-order chi connectivity index (χ1) is 9.67. The molecular formula is C15H18N2O3. The maximum Gasteiger partial charge on any atom is 0.269 e. The van der Waals surface area contributed by atoms with Gasteiger partial charge in [0.1, 0.15) is 17.0 Å². The summed E-state index contributed by atoms with van der Waals surface area (Å²) in [5.41, 5.74) is 2.20. The molecule has 0 unspecified atom stereocenters. The zero-order valence-electron chi connectivity index (χ0n) is 11.5. The minimum absolute atomic E-state index is 0.0904. The van der Waals surface area contributed by atoms with Gasteiger partial charge in [-0.2, -0.15) is 0 Å². The number of nitrogens with one attached hydrogen (secondary N) is 1. The smallest absolute Gasteiger partial charge is 0.269 e. The van der Waals surface area contributed by atoms with Crippen molar-refractivity contribution in [2.24, 2.45) is 0 Å². The van der Waals surface area contributed by atoms with Crippen molar-refractivity contribution >= 4 is 11.0 Å². The number of rotatable bonds is 3. The van der Waals surface area contributed by atoms with Gasteiger partial charge in [0.05, 0.1) is 18.2 Å². The molecule has 0 aliphatic heterocycles. The molecule has 5 nitrogen and oxygen atoms in total. The van der Waals surface area contributed by atoms with Crippen molar-refractivity contribution in [2.75, 3.05) is 0 Å². The Morgan fingerprint density at radius 1 is 1.40 bits per heavy atom. The minimum atomic E-state index is -0.209. The molecule has 0 amide bonds. The van der Waals surface area contributed by atoms with Crippen LogP contribution in [0.5, 0.6) is 5.75 Å². The summed E-state index contributed by atoms with van der Waals surface area (Å²) in [5.74, 6) is 0.651. The number of fused-ring (bicyclic) bond motifs is 1. The summed E-state index contributed by atoms with van der Waals surface area (Å²) in [5, 5.41) is 9.34. The van der Waals surface area contributed by atoms with E-state index in [2.05, 4.69) is 9.97 Å². The number of nitrogens with zero attached hydrogens (tertiary/aromatic N) is 1. The number of aliphatic hydroxyl groups is 1. The number of aromatic amines is 1. The molecule has 1 aliphatic rings. The summed E-state index contributed by atoms with van der Waals surface area (Å²) >= 11 is 0. The van der Waals surface area contributed by atoms with Crippen molar-refractivity contribution < 1.29 is 9.84 Å². The second kappa shape index (κ2) is 5.25. The van der Waals surface area contributed by atoms with Crippen LogP contribution in [0.1, 0.15) is 36.9 Å². The molecule has 106 valence electrons. The summed E-state index contributed by atoms with van der Waals surface area (Å²) in [4.78, 5) is 18.8. The van der Waals surface area contributed by atoms with Crippen LogP contribution in [0, 0.1) is 6.92 Å². The van der Waals surface area contributed by atoms with Gasteiger partial charge in [-0.3, -0.25) is 4.79 Å². The van der Waals surface area contributed by atoms with Gasteiger partial charge in [0.2, 0.25) is 0 Å². The maximum absolute atomic E-state index is 11.7. The van der Waals surface area contributed by atoms with Crippen LogP contribution in [0.25, 0.3) is 11.0 Å². The first-order valence-corrected chi connectivity index (χ1v) is 6.98. The van der Waals surface area contributed by atoms with Crippen LogP contribution in [0.3, 0.4) is 0 Å². The van der Waals surface area contributed by atoms with E-state index in [1.165, 1.54) is 12.8 Å². The standard InChI is InChI=1S/C15H18N2O3/c1-9-15(19)17-12-6-10(8-18)7-13(14(12)16-9)20-11-4-2-3-5-11/h6-7,11,18H,2-5,8H2,1H3,(H,17,19). The van der Waals surface area contributed by atoms with Crippen LogP contribution in [0.4, 0.5) is 0 Å². The van der Waals surface area contributed by atoms with Crippen molar-refractivity contribution in [3.8, 4) is 5.75 Å². The van der Waals surface area contributed by atoms with Crippen LogP contribution in [0.15, 0.2) is 16.9 Å². The third-order valence-electron chi connectivity index (χ3n) is 3.77. The van der Waals surface area contributed by atoms with Crippen molar-refractivity contribution in [1.82, 2.24) is 9.97 Å². The maximum atomic E-state index is 11.7. The molecule has 0 saturated heterocycles. The SMILES string of the molecule is Cc1nc2c(OC3CCCC3)cc(CO)cc2[nH]c1=O. The normalized spacial score (nSPS) is 15.9. The fraction of sp³-hybridized carbons (Fsp3) is 0.467. The Morgan fingerprint density at radius 2 is 2.15 bits per heavy atom. The lowest BCUT2D eigenvalue weighted by Crippen LogP contribution is -2.15. The van der Waals surface area contributed by atoms with E-state index in [1.54, 1.807) is 13.0 Å². The Morgan fingerprint density at radius 3 is 2.85 bits per heavy atom. The molecule has 0 radical (unpaired) electrons. The van der Waals surface area contributed by atoms with E-state index in [4.69, 9.17) is 4.74 Å². The Balaban J connectivity index is 2.11. The van der Waals surface area contributed by atoms with Gasteiger partial charge in [0, 0.05) is 0 Å². The van der Waals surface area contributed by atoms with E-state index < -0.39 is 0 Å². The second-order valence-corrected chi connectivity index (χ2v) is 5.32. The molecule has 1 saturated carbocycles. The molecule has 3 rings (SSSR count). The average molecular weight is 274 g/mol. The molecule has 0 spiro atoms. The second-order valence-electron chi connectivity index (χ2n) is 5.32. The highest BCUT2D eigenvalue weighted by Gasteiger charge is 2.19. The Hall–Kier alpha value is -1.88. The number of aryl methyl sites for hydroxylation is 1. The molecule has 1 heterocycles. The van der Waals surface area contributed by atoms with Crippen LogP contribution in [-0.2, 0) is 6.61 Å². The molecule has 1 aromatic carbocycles. The van der Waals surface area contributed by atoms with Crippen molar-refractivity contribution in [3.05, 3.63) is 33.7 Å². The lowest BCUT2D eigenvalue weighted by molar-refractivity contribution is 0.211. The molecule has 0 bridgehead atoms. The van der Waals surface area contributed by atoms with Gasteiger partial charge < -0.3 is 14.8 Å². The van der Waals surface area contributed by atoms with E-state index in [1.807, 2.05) is 6.07 Å². The van der Waals surface area contributed by atoms with Crippen LogP contribution < -0.4 is 10.3 Å². The summed E-state index contributed by atoms with van der Waals surface area (Å²) in [6, 6.07) is 3.55. The van der Waals surface area contributed by atoms with Gasteiger partial charge in [-0.05, 0) is 50.3 Å². The predicted octanol–water partition coefficient (Wildman–Crippen LogP) is 2.05. The summed E-state index contributed by atoms with van der Waals surface area (Å²) < 4.78 is 6.03. The summed E-state index contributed by atoms with van der Waals surface area (Å²) in [6.07, 6.45) is 4.68. The lowest BCUT2D eigenvalue weighted by atomic mass is 10.1. The fourth-order valence-electron chi connectivity index (χ4n) is 2.67. The third-order valence-corrected chi connectivity index (χ3v) is 3.77. The Kier molecular flexibility index (Phi) is 3.44. The highest BCUT2D eigenvalue weighted by Crippen LogP contribution is 2.29. The molecule has 2 aromatic rings. The van der Waals surface area contributed by atoms with E-state index in [-0.39, 0.29) is 18.3 Å². The van der Waals surface area contributed by atoms with Crippen LogP contribution >= 0.6 is 0 Å². The highest BCUT2D eigenvalue weighted by atomic mass is 16.5. The quantitative estimate of drug-likeness (QED) is 0.898. The average Bonchev–Trinajstić information content (AvgIpc) is 2.93. The van der Waals surface area contributed by atoms with Gasteiger partial charge in [-0.15, -0.1) is 0 Å². The molecule has 2 N–H and O–H groups in total. The van der Waals surface area contributed by atoms with Crippen molar-refractivity contribution in [3.63, 3.8) is 0 Å². The van der Waals surface area contributed by atoms with E-state index in [0.717, 1.165) is 12.8 Å². The van der Waals surface area contributed by atoms with E-state index >= 15 is 0 Å². The van der Waals surface area contributed by atoms with Crippen LogP contribution in [-0.4, -0.2) is 21.2 Å². The lowest BCUT2D eigenvalue weighted by Gasteiger charge is -2.15. The number of hydrogen-bond acceptors (Lipinski definition) is 4. The van der Waals surface area contributed by atoms with Gasteiger partial charge in [0.25, 0.3) is 5.56 Å². The highest BCUT2D eigenvalue weighted by molar-refractivity contribution is 5.81. The third kappa shape index (κ3) is 2.41. The number of benzene rings is 1. The fourth-order valence-corrected chi connectivity index (χ4v) is 2.67. The van der Waals surface area contributed by atoms with Crippen LogP contribution in [0.2, 0.25) is 0 Å². The minimum Gasteiger partial charge on any atom is -0.488 e. The predicted molar refractivity (Wildman–Crippen MR) is 75.9 cm³/mol. The first-order valence-electron chi connectivity index (χ1n) is 6.98. The molecular weight excluding hydrogens is 256 g/mol. The molecule has 20 heavy (non-hydrogen) atoms. The zero-order chi connectivity index (χ0) is 14.1. The monoisotopic (exact) mass is 274 g/mol. The van der Waals surface area contributed by atoms with Gasteiger partial charge in [-0.25, -0.2) is 4.98 Å². The number of aromatic nitrogens is 2. The topological polar surface area (TPSA) is 75.2 Å². The van der Waals surface area contributed by atoms with Gasteiger partial charge >= 0.3 is 0 Å². The number of H-pyrrole nitrogens is 1. The van der Waals surface area contributed by atoms with Gasteiger partial charge in [0.15, 0.2) is 0 Å². The van der Waals surface area contributed by atoms with Crippen molar-refractivity contribution in [1.29, 1.82) is 0 Å². The zero-order valence-corrected chi connectivity index (χ0v) is 11.5. The summed E-state index contributed by atoms with van der Waals surface area (Å²) in [6.45, 7) is 1.59. The Bertz CT molecular complexity index is 687. The summed E-state index contributed by atoms with van der Waals surface area (Å²) in [7, 11) is 0.